The molecule has 26 heavy (non-hydrogen) atoms. The Bertz CT molecular complexity index is 907. The highest BCUT2D eigenvalue weighted by molar-refractivity contribution is 7.13. The van der Waals surface area contributed by atoms with Gasteiger partial charge in [0.15, 0.2) is 0 Å². The van der Waals surface area contributed by atoms with Crippen molar-refractivity contribution in [3.8, 4) is 10.7 Å². The van der Waals surface area contributed by atoms with E-state index in [9.17, 15) is 13.6 Å². The van der Waals surface area contributed by atoms with E-state index in [0.717, 1.165) is 35.9 Å². The van der Waals surface area contributed by atoms with Gasteiger partial charge in [0.05, 0.1) is 17.5 Å². The van der Waals surface area contributed by atoms with Crippen LogP contribution in [0.4, 0.5) is 8.78 Å². The summed E-state index contributed by atoms with van der Waals surface area (Å²) in [7, 11) is 0. The maximum absolute atomic E-state index is 13.4. The molecule has 9 heteroatoms. The lowest BCUT2D eigenvalue weighted by molar-refractivity contribution is 0.0716. The Kier molecular flexibility index (Phi) is 4.46. The van der Waals surface area contributed by atoms with Crippen molar-refractivity contribution in [3.63, 3.8) is 0 Å². The topological polar surface area (TPSA) is 63.9 Å². The average Bonchev–Trinajstić information content (AvgIpc) is 3.35. The standard InChI is InChI=1S/C17H15F2N5OS/c18-12-7-11(8-13(19)9-12)17(25)23-5-1-3-14(23)10-24-21-16(20-22-24)15-4-2-6-26-15/h2,4,6-9,14H,1,3,5,10H2/t14-/m0/s1. The molecule has 1 amide bonds. The molecule has 0 radical (unpaired) electrons. The smallest absolute Gasteiger partial charge is 0.254 e. The molecule has 0 N–H and O–H groups in total. The highest BCUT2D eigenvalue weighted by Crippen LogP contribution is 2.23. The number of aromatic nitrogens is 4. The first-order chi connectivity index (χ1) is 12.6. The van der Waals surface area contributed by atoms with E-state index in [-0.39, 0.29) is 17.5 Å². The van der Waals surface area contributed by atoms with Gasteiger partial charge in [-0.3, -0.25) is 4.79 Å². The first-order valence-electron chi connectivity index (χ1n) is 8.19. The average molecular weight is 375 g/mol. The van der Waals surface area contributed by atoms with E-state index in [0.29, 0.717) is 18.9 Å². The molecule has 3 aromatic rings. The van der Waals surface area contributed by atoms with Crippen LogP contribution in [-0.4, -0.2) is 43.6 Å². The van der Waals surface area contributed by atoms with Crippen molar-refractivity contribution >= 4 is 17.2 Å². The summed E-state index contributed by atoms with van der Waals surface area (Å²) >= 11 is 1.52. The molecular weight excluding hydrogens is 360 g/mol. The molecule has 0 aliphatic carbocycles. The van der Waals surface area contributed by atoms with Crippen LogP contribution in [0.1, 0.15) is 23.2 Å². The molecule has 1 saturated heterocycles. The number of amides is 1. The summed E-state index contributed by atoms with van der Waals surface area (Å²) in [6.07, 6.45) is 1.60. The molecule has 0 spiro atoms. The summed E-state index contributed by atoms with van der Waals surface area (Å²) in [5.41, 5.74) is 0.0141. The summed E-state index contributed by atoms with van der Waals surface area (Å²) in [5, 5.41) is 14.4. The van der Waals surface area contributed by atoms with E-state index >= 15 is 0 Å². The van der Waals surface area contributed by atoms with Gasteiger partial charge in [-0.2, -0.15) is 4.80 Å². The molecule has 1 aliphatic rings. The van der Waals surface area contributed by atoms with Gasteiger partial charge in [0.1, 0.15) is 11.6 Å². The van der Waals surface area contributed by atoms with Gasteiger partial charge in [-0.25, -0.2) is 8.78 Å². The fraction of sp³-hybridized carbons (Fsp3) is 0.294. The van der Waals surface area contributed by atoms with Crippen LogP contribution in [0.25, 0.3) is 10.7 Å². The highest BCUT2D eigenvalue weighted by atomic mass is 32.1. The second kappa shape index (κ2) is 6.91. The number of thiophene rings is 1. The maximum atomic E-state index is 13.4. The zero-order valence-electron chi connectivity index (χ0n) is 13.7. The van der Waals surface area contributed by atoms with Gasteiger partial charge in [-0.1, -0.05) is 6.07 Å². The van der Waals surface area contributed by atoms with Crippen LogP contribution in [0.5, 0.6) is 0 Å². The summed E-state index contributed by atoms with van der Waals surface area (Å²) in [6, 6.07) is 6.56. The number of hydrogen-bond donors (Lipinski definition) is 0. The summed E-state index contributed by atoms with van der Waals surface area (Å²) in [4.78, 5) is 16.7. The molecule has 4 rings (SSSR count). The van der Waals surface area contributed by atoms with Crippen LogP contribution >= 0.6 is 11.3 Å². The second-order valence-corrected chi connectivity index (χ2v) is 7.05. The van der Waals surface area contributed by atoms with Gasteiger partial charge >= 0.3 is 0 Å². The van der Waals surface area contributed by atoms with Crippen molar-refractivity contribution < 1.29 is 13.6 Å². The minimum Gasteiger partial charge on any atom is -0.334 e. The number of rotatable bonds is 4. The predicted molar refractivity (Wildman–Crippen MR) is 91.5 cm³/mol. The molecule has 134 valence electrons. The molecule has 1 aromatic carbocycles. The zero-order chi connectivity index (χ0) is 18.1. The number of carbonyl (C=O) groups is 1. The fourth-order valence-corrected chi connectivity index (χ4v) is 3.80. The van der Waals surface area contributed by atoms with Crippen molar-refractivity contribution in [2.24, 2.45) is 0 Å². The third-order valence-electron chi connectivity index (χ3n) is 4.32. The van der Waals surface area contributed by atoms with Gasteiger partial charge < -0.3 is 4.90 Å². The lowest BCUT2D eigenvalue weighted by Crippen LogP contribution is -2.38. The van der Waals surface area contributed by atoms with E-state index in [1.165, 1.54) is 16.1 Å². The number of halogens is 2. The van der Waals surface area contributed by atoms with Crippen molar-refractivity contribution in [1.29, 1.82) is 0 Å². The number of nitrogens with zero attached hydrogens (tertiary/aromatic N) is 5. The van der Waals surface area contributed by atoms with Gasteiger partial charge in [0, 0.05) is 18.2 Å². The minimum atomic E-state index is -0.761. The lowest BCUT2D eigenvalue weighted by Gasteiger charge is -2.24. The maximum Gasteiger partial charge on any atom is 0.254 e. The first kappa shape index (κ1) is 16.8. The molecule has 1 aliphatic heterocycles. The van der Waals surface area contributed by atoms with Crippen LogP contribution in [0.15, 0.2) is 35.7 Å². The third-order valence-corrected chi connectivity index (χ3v) is 5.18. The van der Waals surface area contributed by atoms with Crippen LogP contribution < -0.4 is 0 Å². The van der Waals surface area contributed by atoms with Crippen LogP contribution in [0, 0.1) is 11.6 Å². The van der Waals surface area contributed by atoms with E-state index in [4.69, 9.17) is 0 Å². The van der Waals surface area contributed by atoms with E-state index in [1.54, 1.807) is 4.90 Å². The molecule has 2 aromatic heterocycles. The molecule has 6 nitrogen and oxygen atoms in total. The highest BCUT2D eigenvalue weighted by Gasteiger charge is 2.31. The van der Waals surface area contributed by atoms with E-state index in [1.807, 2.05) is 17.5 Å². The number of likely N-dealkylation sites (tertiary alicyclic amines) is 1. The summed E-state index contributed by atoms with van der Waals surface area (Å²) in [6.45, 7) is 0.927. The second-order valence-electron chi connectivity index (χ2n) is 6.10. The number of tetrazole rings is 1. The molecule has 0 unspecified atom stereocenters. The van der Waals surface area contributed by atoms with Gasteiger partial charge in [-0.15, -0.1) is 21.5 Å². The Hall–Kier alpha value is -2.68. The number of hydrogen-bond acceptors (Lipinski definition) is 5. The molecule has 3 heterocycles. The molecule has 0 bridgehead atoms. The number of carbonyl (C=O) groups excluding carboxylic acids is 1. The van der Waals surface area contributed by atoms with Crippen LogP contribution in [-0.2, 0) is 6.54 Å². The Morgan fingerprint density at radius 2 is 2.08 bits per heavy atom. The Labute approximate surface area is 152 Å². The SMILES string of the molecule is O=C(c1cc(F)cc(F)c1)N1CCC[C@H]1Cn1nnc(-c2cccs2)n1. The number of benzene rings is 1. The van der Waals surface area contributed by atoms with Crippen molar-refractivity contribution in [1.82, 2.24) is 25.1 Å². The summed E-state index contributed by atoms with van der Waals surface area (Å²) < 4.78 is 26.8. The van der Waals surface area contributed by atoms with Crippen molar-refractivity contribution in [3.05, 3.63) is 52.9 Å². The quantitative estimate of drug-likeness (QED) is 0.703. The van der Waals surface area contributed by atoms with Crippen molar-refractivity contribution in [2.45, 2.75) is 25.4 Å². The molecule has 1 fully saturated rings. The van der Waals surface area contributed by atoms with Crippen LogP contribution in [0.3, 0.4) is 0 Å². The first-order valence-corrected chi connectivity index (χ1v) is 9.07. The Morgan fingerprint density at radius 3 is 2.81 bits per heavy atom. The predicted octanol–water partition coefficient (Wildman–Crippen LogP) is 2.98. The lowest BCUT2D eigenvalue weighted by atomic mass is 10.1. The van der Waals surface area contributed by atoms with Crippen LogP contribution in [0.2, 0.25) is 0 Å². The fourth-order valence-electron chi connectivity index (χ4n) is 3.15. The molecular formula is C17H15F2N5OS. The Balaban J connectivity index is 1.51. The van der Waals surface area contributed by atoms with E-state index < -0.39 is 11.6 Å². The summed E-state index contributed by atoms with van der Waals surface area (Å²) in [5.74, 6) is -1.36. The third kappa shape index (κ3) is 3.34. The molecule has 1 atom stereocenters. The zero-order valence-corrected chi connectivity index (χ0v) is 14.5. The van der Waals surface area contributed by atoms with Gasteiger partial charge in [0.25, 0.3) is 5.91 Å². The van der Waals surface area contributed by atoms with Crippen molar-refractivity contribution in [2.75, 3.05) is 6.54 Å². The van der Waals surface area contributed by atoms with E-state index in [2.05, 4.69) is 15.4 Å². The van der Waals surface area contributed by atoms with Gasteiger partial charge in [-0.05, 0) is 41.6 Å². The molecule has 0 saturated carbocycles. The normalized spacial score (nSPS) is 17.0. The van der Waals surface area contributed by atoms with Gasteiger partial charge in [0.2, 0.25) is 5.82 Å². The largest absolute Gasteiger partial charge is 0.334 e. The monoisotopic (exact) mass is 375 g/mol. The minimum absolute atomic E-state index is 0.0141. The Morgan fingerprint density at radius 1 is 1.27 bits per heavy atom.